The summed E-state index contributed by atoms with van der Waals surface area (Å²) in [4.78, 5) is 40.2. The van der Waals surface area contributed by atoms with Crippen molar-refractivity contribution in [2.45, 2.75) is 296 Å². The molecule has 0 spiro atoms. The largest absolute Gasteiger partial charge is 0.756 e. The van der Waals surface area contributed by atoms with E-state index in [0.29, 0.717) is 23.9 Å². The van der Waals surface area contributed by atoms with Crippen LogP contribution in [0, 0.1) is 0 Å². The molecule has 0 bridgehead atoms. The third kappa shape index (κ3) is 68.0. The highest BCUT2D eigenvalue weighted by Crippen LogP contribution is 2.38. The summed E-state index contributed by atoms with van der Waals surface area (Å²) in [5.41, 5.74) is 0. The van der Waals surface area contributed by atoms with Crippen LogP contribution in [0.25, 0.3) is 0 Å². The summed E-state index contributed by atoms with van der Waals surface area (Å²) in [7, 11) is 1.15. The van der Waals surface area contributed by atoms with E-state index < -0.39 is 26.6 Å². The molecule has 3 atom stereocenters. The normalized spacial score (nSPS) is 14.4. The molecule has 1 amide bonds. The standard InChI is InChI=1S/C80H135N2O7P/c1-7-10-13-16-19-22-25-28-30-32-34-36-38-40-41-43-44-46-48-50-52-54-57-60-63-66-69-72-79(83)81-77(76-88-90(85,86)87-75-74-82(4,5)6)78(71-68-65-62-59-56-27-24-21-18-15-12-9-3)89-80(84)73-70-67-64-61-58-55-53-51-49-47-45-42-39-37-35-33-31-29-26-23-20-17-14-11-8-2/h10-11,13-14,19-20,22-23,28-31,34-37,40-42,44-46,49,51,68,71,77-78H,7-9,12,15-18,21,24-27,32-33,38-39,43,47-48,50,52-67,69-70,72-76H2,1-6H3,(H-,81,83,85,86)/b13-10-,14-11-,22-19-,23-20-,30-28-,31-29-,36-34-,37-35-,41-40-,45-42-,46-44-,51-49-,71-68+. The van der Waals surface area contributed by atoms with Crippen LogP contribution in [0.1, 0.15) is 284 Å². The molecule has 0 rings (SSSR count). The number of phosphoric ester groups is 1. The maximum Gasteiger partial charge on any atom is 0.306 e. The van der Waals surface area contributed by atoms with Gasteiger partial charge < -0.3 is 28.5 Å². The highest BCUT2D eigenvalue weighted by Gasteiger charge is 2.27. The lowest BCUT2D eigenvalue weighted by Gasteiger charge is -2.30. The van der Waals surface area contributed by atoms with Crippen LogP contribution in [0.3, 0.4) is 0 Å². The van der Waals surface area contributed by atoms with Gasteiger partial charge in [-0.25, -0.2) is 0 Å². The highest BCUT2D eigenvalue weighted by molar-refractivity contribution is 7.45. The van der Waals surface area contributed by atoms with Gasteiger partial charge in [0.15, 0.2) is 0 Å². The number of unbranched alkanes of at least 4 members (excludes halogenated alkanes) is 24. The Hall–Kier alpha value is -4.37. The molecule has 1 N–H and O–H groups in total. The van der Waals surface area contributed by atoms with E-state index in [0.717, 1.165) is 167 Å². The molecule has 0 aromatic carbocycles. The molecule has 10 heteroatoms. The van der Waals surface area contributed by atoms with Crippen molar-refractivity contribution < 1.29 is 37.3 Å². The van der Waals surface area contributed by atoms with E-state index >= 15 is 0 Å². The third-order valence-corrected chi connectivity index (χ3v) is 16.2. The van der Waals surface area contributed by atoms with Crippen LogP contribution in [0.15, 0.2) is 158 Å². The molecule has 90 heavy (non-hydrogen) atoms. The van der Waals surface area contributed by atoms with Crippen molar-refractivity contribution in [3.63, 3.8) is 0 Å². The zero-order valence-corrected chi connectivity index (χ0v) is 59.4. The minimum atomic E-state index is -4.72. The molecule has 512 valence electrons. The minimum absolute atomic E-state index is 0.0354. The van der Waals surface area contributed by atoms with Crippen LogP contribution in [-0.4, -0.2) is 69.4 Å². The number of hydrogen-bond donors (Lipinski definition) is 1. The van der Waals surface area contributed by atoms with Gasteiger partial charge in [-0.3, -0.25) is 14.2 Å². The van der Waals surface area contributed by atoms with Crippen LogP contribution in [0.2, 0.25) is 0 Å². The van der Waals surface area contributed by atoms with Gasteiger partial charge in [0.2, 0.25) is 5.91 Å². The number of quaternary nitrogens is 1. The Morgan fingerprint density at radius 3 is 1.07 bits per heavy atom. The predicted molar refractivity (Wildman–Crippen MR) is 389 cm³/mol. The predicted octanol–water partition coefficient (Wildman–Crippen LogP) is 22.9. The van der Waals surface area contributed by atoms with Crippen LogP contribution in [0.4, 0.5) is 0 Å². The number of phosphoric acid groups is 1. The van der Waals surface area contributed by atoms with Crippen molar-refractivity contribution in [1.29, 1.82) is 0 Å². The zero-order valence-electron chi connectivity index (χ0n) is 58.5. The van der Waals surface area contributed by atoms with Crippen molar-refractivity contribution in [1.82, 2.24) is 5.32 Å². The van der Waals surface area contributed by atoms with Gasteiger partial charge in [-0.15, -0.1) is 0 Å². The monoisotopic (exact) mass is 1270 g/mol. The van der Waals surface area contributed by atoms with E-state index in [4.69, 9.17) is 13.8 Å². The summed E-state index contributed by atoms with van der Waals surface area (Å²) < 4.78 is 30.4. The average Bonchev–Trinajstić information content (AvgIpc) is 3.04. The van der Waals surface area contributed by atoms with Gasteiger partial charge in [0, 0.05) is 12.8 Å². The van der Waals surface area contributed by atoms with Crippen molar-refractivity contribution in [2.75, 3.05) is 40.9 Å². The van der Waals surface area contributed by atoms with Gasteiger partial charge in [0.05, 0.1) is 33.8 Å². The second kappa shape index (κ2) is 67.5. The molecular weight excluding hydrogens is 1130 g/mol. The van der Waals surface area contributed by atoms with Crippen molar-refractivity contribution in [3.8, 4) is 0 Å². The fourth-order valence-electron chi connectivity index (χ4n) is 9.71. The smallest absolute Gasteiger partial charge is 0.306 e. The van der Waals surface area contributed by atoms with E-state index in [1.807, 2.05) is 33.3 Å². The topological polar surface area (TPSA) is 114 Å². The number of hydrogen-bond acceptors (Lipinski definition) is 7. The Morgan fingerprint density at radius 2 is 0.711 bits per heavy atom. The summed E-state index contributed by atoms with van der Waals surface area (Å²) >= 11 is 0. The fourth-order valence-corrected chi connectivity index (χ4v) is 10.4. The number of ether oxygens (including phenoxy) is 1. The average molecular weight is 1270 g/mol. The van der Waals surface area contributed by atoms with Crippen LogP contribution < -0.4 is 10.2 Å². The van der Waals surface area contributed by atoms with Gasteiger partial charge in [0.25, 0.3) is 7.82 Å². The molecule has 0 heterocycles. The fraction of sp³-hybridized carbons (Fsp3) is 0.650. The lowest BCUT2D eigenvalue weighted by Crippen LogP contribution is -2.47. The zero-order chi connectivity index (χ0) is 65.6. The highest BCUT2D eigenvalue weighted by atomic mass is 31.2. The Morgan fingerprint density at radius 1 is 0.400 bits per heavy atom. The first-order chi connectivity index (χ1) is 43.9. The number of carbonyl (C=O) groups excluding carboxylic acids is 2. The number of rotatable bonds is 64. The molecule has 0 fully saturated rings. The van der Waals surface area contributed by atoms with E-state index in [1.165, 1.54) is 77.0 Å². The van der Waals surface area contributed by atoms with Crippen LogP contribution in [0.5, 0.6) is 0 Å². The molecule has 0 aliphatic heterocycles. The molecule has 0 aromatic rings. The minimum Gasteiger partial charge on any atom is -0.756 e. The van der Waals surface area contributed by atoms with Crippen molar-refractivity contribution >= 4 is 19.7 Å². The van der Waals surface area contributed by atoms with Gasteiger partial charge >= 0.3 is 5.97 Å². The second-order valence-corrected chi connectivity index (χ2v) is 26.4. The molecule has 0 radical (unpaired) electrons. The Balaban J connectivity index is 5.13. The third-order valence-electron chi connectivity index (χ3n) is 15.2. The van der Waals surface area contributed by atoms with Gasteiger partial charge in [-0.1, -0.05) is 295 Å². The molecule has 0 aliphatic rings. The number of carbonyl (C=O) groups is 2. The number of allylic oxidation sites excluding steroid dienone is 25. The lowest BCUT2D eigenvalue weighted by atomic mass is 10.0. The number of amides is 1. The summed E-state index contributed by atoms with van der Waals surface area (Å²) in [6, 6.07) is -0.913. The Bertz CT molecular complexity index is 2100. The summed E-state index contributed by atoms with van der Waals surface area (Å²) in [5, 5.41) is 3.03. The second-order valence-electron chi connectivity index (χ2n) is 25.0. The van der Waals surface area contributed by atoms with Gasteiger partial charge in [-0.2, -0.15) is 0 Å². The Kier molecular flexibility index (Phi) is 64.2. The maximum absolute atomic E-state index is 13.6. The first kappa shape index (κ1) is 85.6. The molecule has 0 saturated heterocycles. The molecule has 0 aliphatic carbocycles. The Labute approximate surface area is 554 Å². The van der Waals surface area contributed by atoms with Crippen molar-refractivity contribution in [2.24, 2.45) is 0 Å². The number of nitrogens with zero attached hydrogens (tertiary/aromatic N) is 1. The van der Waals surface area contributed by atoms with E-state index in [9.17, 15) is 19.0 Å². The lowest BCUT2D eigenvalue weighted by molar-refractivity contribution is -0.870. The number of esters is 1. The first-order valence-electron chi connectivity index (χ1n) is 36.3. The molecular formula is C80H135N2O7P. The van der Waals surface area contributed by atoms with Gasteiger partial charge in [-0.05, 0) is 134 Å². The van der Waals surface area contributed by atoms with E-state index in [-0.39, 0.29) is 24.9 Å². The summed E-state index contributed by atoms with van der Waals surface area (Å²) in [6.45, 7) is 6.59. The van der Waals surface area contributed by atoms with Crippen molar-refractivity contribution in [3.05, 3.63) is 158 Å². The maximum atomic E-state index is 13.6. The van der Waals surface area contributed by atoms with Crippen LogP contribution in [-0.2, 0) is 27.9 Å². The SMILES string of the molecule is CC/C=C\C/C=C\C/C=C\C/C=C\C/C=C\C/C=C\CCCCCCCCCCC(=O)NC(COP(=O)([O-])OCC[N+](C)(C)C)C(/C=C/CCCCCCCCCCCC)OC(=O)CCCCCCCC/C=C\C/C=C\C/C=C\C/C=C\C/C=C\C/C=C\CC. The van der Waals surface area contributed by atoms with Gasteiger partial charge in [0.1, 0.15) is 19.3 Å². The quantitative estimate of drug-likeness (QED) is 0.0212. The number of nitrogens with one attached hydrogen (secondary N) is 1. The molecule has 0 aromatic heterocycles. The summed E-state index contributed by atoms with van der Waals surface area (Å²) in [6.07, 6.45) is 99.3. The van der Waals surface area contributed by atoms with E-state index in [1.54, 1.807) is 0 Å². The molecule has 3 unspecified atom stereocenters. The van der Waals surface area contributed by atoms with Crippen LogP contribution >= 0.6 is 7.82 Å². The van der Waals surface area contributed by atoms with E-state index in [2.05, 4.69) is 172 Å². The number of likely N-dealkylation sites (N-methyl/N-ethyl adjacent to an activating group) is 1. The molecule has 9 nitrogen and oxygen atoms in total. The summed E-state index contributed by atoms with van der Waals surface area (Å²) in [5.74, 6) is -0.576. The molecule has 0 saturated carbocycles. The first-order valence-corrected chi connectivity index (χ1v) is 37.8.